The Bertz CT molecular complexity index is 131. The molecule has 0 unspecified atom stereocenters. The summed E-state index contributed by atoms with van der Waals surface area (Å²) in [6.45, 7) is 15.1. The molecule has 0 aliphatic rings. The van der Waals surface area contributed by atoms with Gasteiger partial charge in [-0.25, -0.2) is 0 Å². The third-order valence-electron chi connectivity index (χ3n) is 3.96. The predicted octanol–water partition coefficient (Wildman–Crippen LogP) is 2.63. The number of hydrogen-bond acceptors (Lipinski definition) is 1. The van der Waals surface area contributed by atoms with Crippen LogP contribution >= 0.6 is 0 Å². The van der Waals surface area contributed by atoms with Gasteiger partial charge < -0.3 is 4.43 Å². The molecule has 0 rings (SSSR count). The molecule has 0 aromatic rings. The SMILES string of the molecule is CC(C)C(CCO[SiH3])(C(C)C)C(C)C. The molecular formula is C12H28OSi. The monoisotopic (exact) mass is 216 g/mol. The van der Waals surface area contributed by atoms with Gasteiger partial charge in [-0.15, -0.1) is 0 Å². The van der Waals surface area contributed by atoms with Crippen molar-refractivity contribution in [3.8, 4) is 0 Å². The normalized spacial score (nSPS) is 13.5. The molecule has 0 amide bonds. The lowest BCUT2D eigenvalue weighted by molar-refractivity contribution is 0.0245. The summed E-state index contributed by atoms with van der Waals surface area (Å²) in [4.78, 5) is 0. The number of hydrogen-bond donors (Lipinski definition) is 0. The van der Waals surface area contributed by atoms with Crippen LogP contribution in [0.2, 0.25) is 0 Å². The van der Waals surface area contributed by atoms with Gasteiger partial charge in [0.15, 0.2) is 0 Å². The highest BCUT2D eigenvalue weighted by molar-refractivity contribution is 5.97. The minimum Gasteiger partial charge on any atom is -0.428 e. The van der Waals surface area contributed by atoms with Gasteiger partial charge in [0.25, 0.3) is 0 Å². The van der Waals surface area contributed by atoms with Crippen LogP contribution in [0.5, 0.6) is 0 Å². The fourth-order valence-corrected chi connectivity index (χ4v) is 3.35. The van der Waals surface area contributed by atoms with E-state index < -0.39 is 0 Å². The highest BCUT2D eigenvalue weighted by atomic mass is 28.2. The first kappa shape index (κ1) is 14.2. The third kappa shape index (κ3) is 2.83. The minimum atomic E-state index is 0.449. The van der Waals surface area contributed by atoms with Crippen molar-refractivity contribution in [3.05, 3.63) is 0 Å². The molecule has 0 aliphatic carbocycles. The van der Waals surface area contributed by atoms with Gasteiger partial charge in [0.1, 0.15) is 10.5 Å². The van der Waals surface area contributed by atoms with Gasteiger partial charge in [0.05, 0.1) is 0 Å². The molecule has 0 atom stereocenters. The zero-order valence-corrected chi connectivity index (χ0v) is 13.1. The van der Waals surface area contributed by atoms with E-state index in [4.69, 9.17) is 4.43 Å². The Morgan fingerprint density at radius 3 is 1.50 bits per heavy atom. The van der Waals surface area contributed by atoms with Crippen LogP contribution in [0.25, 0.3) is 0 Å². The molecule has 0 saturated heterocycles. The van der Waals surface area contributed by atoms with Crippen molar-refractivity contribution >= 4 is 10.5 Å². The Morgan fingerprint density at radius 2 is 1.29 bits per heavy atom. The van der Waals surface area contributed by atoms with Gasteiger partial charge in [0, 0.05) is 6.61 Å². The van der Waals surface area contributed by atoms with Gasteiger partial charge in [-0.3, -0.25) is 0 Å². The maximum absolute atomic E-state index is 5.39. The van der Waals surface area contributed by atoms with E-state index in [9.17, 15) is 0 Å². The van der Waals surface area contributed by atoms with Crippen LogP contribution in [-0.2, 0) is 4.43 Å². The Labute approximate surface area is 93.2 Å². The third-order valence-corrected chi connectivity index (χ3v) is 4.37. The lowest BCUT2D eigenvalue weighted by atomic mass is 9.60. The second-order valence-electron chi connectivity index (χ2n) is 5.32. The van der Waals surface area contributed by atoms with Crippen LogP contribution < -0.4 is 0 Å². The van der Waals surface area contributed by atoms with E-state index in [0.29, 0.717) is 5.41 Å². The van der Waals surface area contributed by atoms with Gasteiger partial charge in [-0.05, 0) is 29.6 Å². The van der Waals surface area contributed by atoms with Gasteiger partial charge in [-0.2, -0.15) is 0 Å². The molecule has 0 aliphatic heterocycles. The Balaban J connectivity index is 4.76. The summed E-state index contributed by atoms with van der Waals surface area (Å²) in [6.07, 6.45) is 1.21. The van der Waals surface area contributed by atoms with E-state index in [1.54, 1.807) is 0 Å². The average molecular weight is 216 g/mol. The van der Waals surface area contributed by atoms with Gasteiger partial charge >= 0.3 is 0 Å². The summed E-state index contributed by atoms with van der Waals surface area (Å²) >= 11 is 0. The topological polar surface area (TPSA) is 9.23 Å². The van der Waals surface area contributed by atoms with Crippen molar-refractivity contribution in [2.24, 2.45) is 23.2 Å². The molecule has 0 heterocycles. The lowest BCUT2D eigenvalue weighted by Gasteiger charge is -2.45. The maximum atomic E-state index is 5.39. The zero-order chi connectivity index (χ0) is 11.4. The fraction of sp³-hybridized carbons (Fsp3) is 1.00. The Kier molecular flexibility index (Phi) is 5.99. The first-order chi connectivity index (χ1) is 6.39. The van der Waals surface area contributed by atoms with E-state index in [1.165, 1.54) is 6.42 Å². The largest absolute Gasteiger partial charge is 0.428 e. The first-order valence-corrected chi connectivity index (χ1v) is 6.70. The minimum absolute atomic E-state index is 0.449. The van der Waals surface area contributed by atoms with E-state index in [2.05, 4.69) is 41.5 Å². The molecule has 0 spiro atoms. The fourth-order valence-electron chi connectivity index (χ4n) is 3.14. The molecule has 2 heteroatoms. The van der Waals surface area contributed by atoms with E-state index >= 15 is 0 Å². The summed E-state index contributed by atoms with van der Waals surface area (Å²) < 4.78 is 5.39. The maximum Gasteiger partial charge on any atom is 0.145 e. The molecule has 0 bridgehead atoms. The average Bonchev–Trinajstić information content (AvgIpc) is 2.03. The second kappa shape index (κ2) is 5.91. The molecule has 0 fully saturated rings. The highest BCUT2D eigenvalue weighted by Crippen LogP contribution is 2.45. The number of rotatable bonds is 6. The molecular weight excluding hydrogens is 188 g/mol. The van der Waals surface area contributed by atoms with Crippen molar-refractivity contribution < 1.29 is 4.43 Å². The van der Waals surface area contributed by atoms with Crippen molar-refractivity contribution in [2.75, 3.05) is 6.61 Å². The van der Waals surface area contributed by atoms with Crippen LogP contribution in [0, 0.1) is 23.2 Å². The lowest BCUT2D eigenvalue weighted by Crippen LogP contribution is -2.39. The Morgan fingerprint density at radius 1 is 0.929 bits per heavy atom. The van der Waals surface area contributed by atoms with Gasteiger partial charge in [-0.1, -0.05) is 41.5 Å². The molecule has 14 heavy (non-hydrogen) atoms. The molecule has 0 radical (unpaired) electrons. The molecule has 0 N–H and O–H groups in total. The summed E-state index contributed by atoms with van der Waals surface area (Å²) in [5.74, 6) is 2.21. The van der Waals surface area contributed by atoms with Crippen LogP contribution in [0.15, 0.2) is 0 Å². The molecule has 86 valence electrons. The van der Waals surface area contributed by atoms with Crippen LogP contribution in [0.4, 0.5) is 0 Å². The van der Waals surface area contributed by atoms with Crippen LogP contribution in [0.3, 0.4) is 0 Å². The zero-order valence-electron chi connectivity index (χ0n) is 11.1. The second-order valence-corrected chi connectivity index (χ2v) is 5.90. The summed E-state index contributed by atoms with van der Waals surface area (Å²) in [6, 6.07) is 0. The van der Waals surface area contributed by atoms with E-state index in [-0.39, 0.29) is 0 Å². The summed E-state index contributed by atoms with van der Waals surface area (Å²) in [7, 11) is 0.870. The van der Waals surface area contributed by atoms with Gasteiger partial charge in [0.2, 0.25) is 0 Å². The van der Waals surface area contributed by atoms with E-state index in [1.807, 2.05) is 0 Å². The molecule has 0 saturated carbocycles. The molecule has 1 nitrogen and oxygen atoms in total. The standard InChI is InChI=1S/C12H28OSi/c1-9(2)12(10(3)4,11(5)6)7-8-13-14/h9-11H,7-8H2,1-6,14H3. The molecule has 0 aromatic carbocycles. The molecule has 0 aromatic heterocycles. The van der Waals surface area contributed by atoms with Crippen molar-refractivity contribution in [1.82, 2.24) is 0 Å². The quantitative estimate of drug-likeness (QED) is 0.620. The smallest absolute Gasteiger partial charge is 0.145 e. The van der Waals surface area contributed by atoms with Crippen molar-refractivity contribution in [1.29, 1.82) is 0 Å². The predicted molar refractivity (Wildman–Crippen MR) is 67.5 cm³/mol. The van der Waals surface area contributed by atoms with Crippen molar-refractivity contribution in [2.45, 2.75) is 48.0 Å². The van der Waals surface area contributed by atoms with Crippen molar-refractivity contribution in [3.63, 3.8) is 0 Å². The first-order valence-electron chi connectivity index (χ1n) is 5.88. The van der Waals surface area contributed by atoms with Crippen LogP contribution in [-0.4, -0.2) is 17.1 Å². The van der Waals surface area contributed by atoms with Crippen LogP contribution in [0.1, 0.15) is 48.0 Å². The van der Waals surface area contributed by atoms with E-state index in [0.717, 1.165) is 34.8 Å². The Hall–Kier alpha value is 0.177. The summed E-state index contributed by atoms with van der Waals surface area (Å²) in [5, 5.41) is 0. The summed E-state index contributed by atoms with van der Waals surface area (Å²) in [5.41, 5.74) is 0.449. The highest BCUT2D eigenvalue weighted by Gasteiger charge is 2.39.